The molecule has 6 nitrogen and oxygen atoms in total. The van der Waals surface area contributed by atoms with Gasteiger partial charge in [-0.05, 0) is 23.8 Å². The van der Waals surface area contributed by atoms with E-state index in [2.05, 4.69) is 22.3 Å². The summed E-state index contributed by atoms with van der Waals surface area (Å²) in [6, 6.07) is 4.24. The Labute approximate surface area is 159 Å². The molecule has 27 heavy (non-hydrogen) atoms. The van der Waals surface area contributed by atoms with E-state index in [1.165, 1.54) is 7.11 Å². The average Bonchev–Trinajstić information content (AvgIpc) is 3.17. The van der Waals surface area contributed by atoms with Crippen LogP contribution in [0.15, 0.2) is 33.6 Å². The van der Waals surface area contributed by atoms with Crippen LogP contribution in [0.4, 0.5) is 13.2 Å². The topological polar surface area (TPSA) is 74.3 Å². The van der Waals surface area contributed by atoms with Crippen LogP contribution in [0, 0.1) is 0 Å². The van der Waals surface area contributed by atoms with E-state index in [9.17, 15) is 22.8 Å². The molecule has 0 N–H and O–H groups in total. The normalized spacial score (nSPS) is 11.8. The Bertz CT molecular complexity index is 1100. The summed E-state index contributed by atoms with van der Waals surface area (Å²) in [4.78, 5) is 25.4. The fourth-order valence-electron chi connectivity index (χ4n) is 2.33. The maximum atomic E-state index is 12.6. The number of hydrogen-bond donors (Lipinski definition) is 1. The Kier molecular flexibility index (Phi) is 4.96. The van der Waals surface area contributed by atoms with Gasteiger partial charge in [-0.2, -0.15) is 25.8 Å². The zero-order valence-corrected chi connectivity index (χ0v) is 15.2. The predicted octanol–water partition coefficient (Wildman–Crippen LogP) is 3.72. The quantitative estimate of drug-likeness (QED) is 0.397. The number of carbonyl (C=O) groups is 1. The second-order valence-corrected chi connectivity index (χ2v) is 6.06. The third kappa shape index (κ3) is 3.67. The molecule has 0 saturated heterocycles. The van der Waals surface area contributed by atoms with Crippen LogP contribution in [0.2, 0.25) is 5.02 Å². The molecule has 2 aliphatic rings. The molecule has 0 aliphatic heterocycles. The zero-order chi connectivity index (χ0) is 19.9. The minimum atomic E-state index is -4.55. The number of halogens is 4. The molecule has 0 unspecified atom stereocenters. The molecule has 0 spiro atoms. The van der Waals surface area contributed by atoms with Crippen LogP contribution in [0.25, 0.3) is 28.0 Å². The highest BCUT2D eigenvalue weighted by Gasteiger charge is 2.33. The molecule has 2 aromatic heterocycles. The summed E-state index contributed by atoms with van der Waals surface area (Å²) in [5.41, 5.74) is 1.61. The minimum Gasteiger partial charge on any atom is -0.468 e. The number of pyridine rings is 1. The van der Waals surface area contributed by atoms with Gasteiger partial charge >= 0.3 is 17.9 Å². The largest absolute Gasteiger partial charge is 0.468 e. The molecule has 2 aromatic rings. The molecule has 0 radical (unpaired) electrons. The van der Waals surface area contributed by atoms with Crippen molar-refractivity contribution in [2.75, 3.05) is 12.9 Å². The smallest absolute Gasteiger partial charge is 0.425 e. The fraction of sp³-hybridized carbons (Fsp3) is 0.188. The SMILES string of the molecule is COC(=O)CS.O=c1oc2cc3cc-3c2n1-c1ncc(C(F)(F)F)cc1Cl. The van der Waals surface area contributed by atoms with E-state index in [1.54, 1.807) is 6.07 Å². The van der Waals surface area contributed by atoms with Crippen molar-refractivity contribution in [2.24, 2.45) is 0 Å². The molecule has 4 rings (SSSR count). The Morgan fingerprint density at radius 2 is 2.07 bits per heavy atom. The molecule has 0 aromatic carbocycles. The number of esters is 1. The third-order valence-electron chi connectivity index (χ3n) is 3.62. The summed E-state index contributed by atoms with van der Waals surface area (Å²) >= 11 is 9.48. The second-order valence-electron chi connectivity index (χ2n) is 5.34. The molecule has 0 bridgehead atoms. The van der Waals surface area contributed by atoms with E-state index in [1.807, 2.05) is 6.07 Å². The summed E-state index contributed by atoms with van der Waals surface area (Å²) in [5, 5.41) is -0.273. The van der Waals surface area contributed by atoms with E-state index in [0.29, 0.717) is 17.3 Å². The van der Waals surface area contributed by atoms with Gasteiger partial charge in [0.15, 0.2) is 11.4 Å². The molecular formula is C16H10ClF3N2O4S. The molecular weight excluding hydrogens is 409 g/mol. The first kappa shape index (κ1) is 19.3. The number of nitrogens with zero attached hydrogens (tertiary/aromatic N) is 2. The minimum absolute atomic E-state index is 0.0814. The van der Waals surface area contributed by atoms with Crippen molar-refractivity contribution in [3.8, 4) is 16.9 Å². The van der Waals surface area contributed by atoms with Crippen molar-refractivity contribution in [3.05, 3.63) is 45.5 Å². The van der Waals surface area contributed by atoms with Gasteiger partial charge in [-0.1, -0.05) is 11.6 Å². The van der Waals surface area contributed by atoms with Crippen LogP contribution in [0.1, 0.15) is 5.56 Å². The lowest BCUT2D eigenvalue weighted by atomic mass is 10.2. The van der Waals surface area contributed by atoms with E-state index < -0.39 is 17.5 Å². The van der Waals surface area contributed by atoms with Crippen molar-refractivity contribution >= 4 is 41.3 Å². The molecule has 0 saturated carbocycles. The van der Waals surface area contributed by atoms with Gasteiger partial charge in [-0.3, -0.25) is 4.79 Å². The molecule has 0 amide bonds. The first-order valence-electron chi connectivity index (χ1n) is 7.28. The maximum absolute atomic E-state index is 12.6. The fourth-order valence-corrected chi connectivity index (χ4v) is 2.71. The van der Waals surface area contributed by atoms with Gasteiger partial charge < -0.3 is 9.15 Å². The lowest BCUT2D eigenvalue weighted by Crippen LogP contribution is -2.15. The van der Waals surface area contributed by atoms with Crippen molar-refractivity contribution in [3.63, 3.8) is 0 Å². The number of thiol groups is 1. The Morgan fingerprint density at radius 3 is 2.59 bits per heavy atom. The number of benzene rings is 1. The predicted molar refractivity (Wildman–Crippen MR) is 94.5 cm³/mol. The molecule has 2 heterocycles. The summed E-state index contributed by atoms with van der Waals surface area (Å²) < 4.78 is 48.1. The third-order valence-corrected chi connectivity index (χ3v) is 4.16. The molecule has 0 atom stereocenters. The van der Waals surface area contributed by atoms with Gasteiger partial charge in [0.2, 0.25) is 0 Å². The number of fused-ring (bicyclic) bond motifs is 3. The maximum Gasteiger partial charge on any atom is 0.425 e. The molecule has 142 valence electrons. The summed E-state index contributed by atoms with van der Waals surface area (Å²) in [7, 11) is 1.33. The van der Waals surface area contributed by atoms with Crippen molar-refractivity contribution < 1.29 is 27.1 Å². The summed E-state index contributed by atoms with van der Waals surface area (Å²) in [6.07, 6.45) is -3.91. The second kappa shape index (κ2) is 6.93. The van der Waals surface area contributed by atoms with Gasteiger partial charge in [0.05, 0.1) is 23.4 Å². The average molecular weight is 419 g/mol. The number of oxazole rings is 1. The van der Waals surface area contributed by atoms with Crippen LogP contribution in [-0.4, -0.2) is 28.4 Å². The van der Waals surface area contributed by atoms with Crippen LogP contribution >= 0.6 is 24.2 Å². The number of alkyl halides is 3. The Balaban J connectivity index is 0.000000307. The number of aromatic nitrogens is 2. The van der Waals surface area contributed by atoms with Crippen LogP contribution in [0.3, 0.4) is 0 Å². The van der Waals surface area contributed by atoms with Crippen LogP contribution < -0.4 is 5.76 Å². The number of methoxy groups -OCH3 is 1. The van der Waals surface area contributed by atoms with E-state index in [-0.39, 0.29) is 22.6 Å². The first-order valence-corrected chi connectivity index (χ1v) is 8.29. The highest BCUT2D eigenvalue weighted by Crippen LogP contribution is 2.43. The highest BCUT2D eigenvalue weighted by atomic mass is 35.5. The van der Waals surface area contributed by atoms with Gasteiger partial charge in [0.1, 0.15) is 5.52 Å². The Morgan fingerprint density at radius 1 is 1.37 bits per heavy atom. The van der Waals surface area contributed by atoms with Gasteiger partial charge in [-0.25, -0.2) is 14.3 Å². The first-order chi connectivity index (χ1) is 12.7. The van der Waals surface area contributed by atoms with Gasteiger partial charge in [0, 0.05) is 11.8 Å². The monoisotopic (exact) mass is 418 g/mol. The lowest BCUT2D eigenvalue weighted by molar-refractivity contribution is -0.138. The summed E-state index contributed by atoms with van der Waals surface area (Å²) in [5.74, 6) is -0.950. The molecule has 2 aliphatic carbocycles. The van der Waals surface area contributed by atoms with Gasteiger partial charge in [-0.15, -0.1) is 0 Å². The van der Waals surface area contributed by atoms with Crippen molar-refractivity contribution in [2.45, 2.75) is 6.18 Å². The lowest BCUT2D eigenvalue weighted by Gasteiger charge is -2.09. The number of hydrogen-bond acceptors (Lipinski definition) is 6. The molecule has 11 heteroatoms. The number of carbonyl (C=O) groups excluding carboxylic acids is 1. The van der Waals surface area contributed by atoms with Crippen molar-refractivity contribution in [1.82, 2.24) is 9.55 Å². The van der Waals surface area contributed by atoms with Crippen LogP contribution in [0.5, 0.6) is 0 Å². The van der Waals surface area contributed by atoms with E-state index in [0.717, 1.165) is 21.8 Å². The van der Waals surface area contributed by atoms with E-state index in [4.69, 9.17) is 16.0 Å². The number of rotatable bonds is 2. The standard InChI is InChI=1S/C13H4ClF3N2O2.C3H6O2S/c14-8-3-6(13(15,16)17)4-18-11(8)19-10-7-1-5(7)2-9(10)21-12(19)20;1-5-3(4)2-6/h1-4H;6H,2H2,1H3. The highest BCUT2D eigenvalue weighted by molar-refractivity contribution is 7.81. The molecule has 0 fully saturated rings. The Hall–Kier alpha value is -2.46. The zero-order valence-electron chi connectivity index (χ0n) is 13.5. The van der Waals surface area contributed by atoms with Crippen molar-refractivity contribution in [1.29, 1.82) is 0 Å². The van der Waals surface area contributed by atoms with E-state index >= 15 is 0 Å². The number of ether oxygens (including phenoxy) is 1. The van der Waals surface area contributed by atoms with Crippen LogP contribution in [-0.2, 0) is 15.7 Å². The van der Waals surface area contributed by atoms with Gasteiger partial charge in [0.25, 0.3) is 0 Å². The summed E-state index contributed by atoms with van der Waals surface area (Å²) in [6.45, 7) is 0.